The Morgan fingerprint density at radius 3 is 2.44 bits per heavy atom. The van der Waals surface area contributed by atoms with Crippen molar-refractivity contribution in [1.82, 2.24) is 14.9 Å². The van der Waals surface area contributed by atoms with Crippen LogP contribution in [0.15, 0.2) is 47.4 Å². The molecular formula is C25H22F7N5O2. The van der Waals surface area contributed by atoms with Crippen LogP contribution in [-0.2, 0) is 12.4 Å². The lowest BCUT2D eigenvalue weighted by Gasteiger charge is -2.39. The Bertz CT molecular complexity index is 1450. The highest BCUT2D eigenvalue weighted by molar-refractivity contribution is 6.07. The second-order valence-electron chi connectivity index (χ2n) is 9.11. The number of likely N-dealkylation sites (N-methyl/N-ethyl adjacent to an activating group) is 1. The van der Waals surface area contributed by atoms with Crippen LogP contribution in [0.4, 0.5) is 42.1 Å². The molecule has 208 valence electrons. The van der Waals surface area contributed by atoms with Crippen LogP contribution in [0.3, 0.4) is 0 Å². The predicted octanol–water partition coefficient (Wildman–Crippen LogP) is 5.01. The number of nitrogens with zero attached hydrogens (tertiary/aromatic N) is 3. The smallest absolute Gasteiger partial charge is 0.367 e. The third kappa shape index (κ3) is 6.05. The first-order valence-corrected chi connectivity index (χ1v) is 11.6. The van der Waals surface area contributed by atoms with Crippen LogP contribution in [0.1, 0.15) is 28.5 Å². The zero-order valence-electron chi connectivity index (χ0n) is 20.5. The van der Waals surface area contributed by atoms with Gasteiger partial charge in [0.2, 0.25) is 5.56 Å². The molecule has 1 aliphatic heterocycles. The van der Waals surface area contributed by atoms with E-state index < -0.39 is 57.7 Å². The van der Waals surface area contributed by atoms with E-state index in [1.807, 2.05) is 23.9 Å². The molecule has 7 nitrogen and oxygen atoms in total. The van der Waals surface area contributed by atoms with Crippen molar-refractivity contribution in [1.29, 1.82) is 0 Å². The van der Waals surface area contributed by atoms with Gasteiger partial charge < -0.3 is 20.1 Å². The van der Waals surface area contributed by atoms with Gasteiger partial charge in [0.1, 0.15) is 11.5 Å². The number of alkyl halides is 6. The fourth-order valence-corrected chi connectivity index (χ4v) is 4.21. The number of H-pyrrole nitrogens is 1. The zero-order chi connectivity index (χ0) is 28.7. The van der Waals surface area contributed by atoms with E-state index in [-0.39, 0.29) is 23.5 Å². The van der Waals surface area contributed by atoms with Crippen LogP contribution >= 0.6 is 0 Å². The van der Waals surface area contributed by atoms with E-state index in [1.165, 1.54) is 0 Å². The first-order chi connectivity index (χ1) is 18.1. The lowest BCUT2D eigenvalue weighted by molar-refractivity contribution is -0.141. The number of halogens is 7. The number of hydrogen-bond donors (Lipinski definition) is 2. The van der Waals surface area contributed by atoms with Gasteiger partial charge in [0.25, 0.3) is 5.91 Å². The molecule has 39 heavy (non-hydrogen) atoms. The van der Waals surface area contributed by atoms with Gasteiger partial charge in [0, 0.05) is 43.5 Å². The Morgan fingerprint density at radius 2 is 1.79 bits per heavy atom. The summed E-state index contributed by atoms with van der Waals surface area (Å²) in [6, 6.07) is 5.15. The highest BCUT2D eigenvalue weighted by atomic mass is 19.4. The number of piperazine rings is 1. The molecule has 0 saturated carbocycles. The Balaban J connectivity index is 1.83. The van der Waals surface area contributed by atoms with Crippen LogP contribution in [0.5, 0.6) is 0 Å². The number of benzene rings is 1. The SMILES string of the molecule is CC1CN(c2cc(F)c(-c3cccc(C(F)(F)F)n3)cc2NC(=O)c2c[nH]c(=O)cc2C(F)(F)F)CCN1C. The topological polar surface area (TPSA) is 81.3 Å². The number of anilines is 2. The third-order valence-corrected chi connectivity index (χ3v) is 6.42. The van der Waals surface area contributed by atoms with Gasteiger partial charge in [0.15, 0.2) is 0 Å². The highest BCUT2D eigenvalue weighted by Crippen LogP contribution is 2.37. The molecule has 1 fully saturated rings. The molecule has 2 aromatic heterocycles. The average molecular weight is 557 g/mol. The molecule has 3 heterocycles. The molecule has 2 N–H and O–H groups in total. The summed E-state index contributed by atoms with van der Waals surface area (Å²) in [5, 5.41) is 2.33. The van der Waals surface area contributed by atoms with Gasteiger partial charge in [0.05, 0.1) is 28.2 Å². The van der Waals surface area contributed by atoms with Crippen molar-refractivity contribution in [3.63, 3.8) is 0 Å². The standard InChI is InChI=1S/C25H22F7N5O2/c1-13-12-37(7-6-36(13)2)20-10-17(26)14(18-4-3-5-21(34-18)25(30,31)32)8-19(20)35-23(39)15-11-33-22(38)9-16(15)24(27,28)29/h3-5,8-11,13H,6-7,12H2,1-2H3,(H,33,38)(H,35,39). The number of nitrogens with one attached hydrogen (secondary N) is 2. The van der Waals surface area contributed by atoms with Crippen molar-refractivity contribution < 1.29 is 35.5 Å². The summed E-state index contributed by atoms with van der Waals surface area (Å²) in [5.74, 6) is -2.21. The predicted molar refractivity (Wildman–Crippen MR) is 129 cm³/mol. The van der Waals surface area contributed by atoms with Crippen molar-refractivity contribution >= 4 is 17.3 Å². The summed E-state index contributed by atoms with van der Waals surface area (Å²) >= 11 is 0. The maximum Gasteiger partial charge on any atom is 0.433 e. The first-order valence-electron chi connectivity index (χ1n) is 11.6. The number of amides is 1. The van der Waals surface area contributed by atoms with E-state index in [4.69, 9.17) is 0 Å². The summed E-state index contributed by atoms with van der Waals surface area (Å²) in [6.07, 6.45) is -9.24. The second kappa shape index (κ2) is 10.3. The van der Waals surface area contributed by atoms with E-state index >= 15 is 4.39 Å². The molecule has 1 aliphatic rings. The Hall–Kier alpha value is -3.94. The Morgan fingerprint density at radius 1 is 1.08 bits per heavy atom. The molecule has 14 heteroatoms. The number of aromatic amines is 1. The van der Waals surface area contributed by atoms with Crippen molar-refractivity contribution in [3.8, 4) is 11.3 Å². The minimum atomic E-state index is -5.04. The summed E-state index contributed by atoms with van der Waals surface area (Å²) in [5.41, 5.74) is -5.56. The number of rotatable bonds is 4. The van der Waals surface area contributed by atoms with Crippen LogP contribution in [0, 0.1) is 5.82 Å². The van der Waals surface area contributed by atoms with Crippen molar-refractivity contribution in [2.24, 2.45) is 0 Å². The molecule has 1 amide bonds. The number of carbonyl (C=O) groups is 1. The van der Waals surface area contributed by atoms with Crippen molar-refractivity contribution in [2.75, 3.05) is 36.9 Å². The van der Waals surface area contributed by atoms with Crippen LogP contribution < -0.4 is 15.8 Å². The van der Waals surface area contributed by atoms with Gasteiger partial charge in [-0.1, -0.05) is 6.07 Å². The van der Waals surface area contributed by atoms with E-state index in [9.17, 15) is 35.9 Å². The molecule has 4 rings (SSSR count). The second-order valence-corrected chi connectivity index (χ2v) is 9.11. The minimum Gasteiger partial charge on any atom is -0.367 e. The fourth-order valence-electron chi connectivity index (χ4n) is 4.21. The largest absolute Gasteiger partial charge is 0.433 e. The number of carbonyl (C=O) groups excluding carboxylic acids is 1. The Kier molecular flexibility index (Phi) is 7.43. The molecule has 1 aromatic carbocycles. The van der Waals surface area contributed by atoms with Gasteiger partial charge in [-0.3, -0.25) is 9.59 Å². The first kappa shape index (κ1) is 28.1. The molecule has 3 aromatic rings. The molecule has 1 saturated heterocycles. The number of aromatic nitrogens is 2. The summed E-state index contributed by atoms with van der Waals surface area (Å²) in [7, 11) is 1.88. The lowest BCUT2D eigenvalue weighted by Crippen LogP contribution is -2.50. The highest BCUT2D eigenvalue weighted by Gasteiger charge is 2.36. The number of hydrogen-bond acceptors (Lipinski definition) is 5. The van der Waals surface area contributed by atoms with Gasteiger partial charge in [-0.15, -0.1) is 0 Å². The van der Waals surface area contributed by atoms with E-state index in [2.05, 4.69) is 10.3 Å². The molecule has 1 unspecified atom stereocenters. The van der Waals surface area contributed by atoms with Gasteiger partial charge >= 0.3 is 12.4 Å². The summed E-state index contributed by atoms with van der Waals surface area (Å²) < 4.78 is 95.7. The third-order valence-electron chi connectivity index (χ3n) is 6.42. The van der Waals surface area contributed by atoms with Gasteiger partial charge in [-0.05, 0) is 38.2 Å². The van der Waals surface area contributed by atoms with Crippen LogP contribution in [-0.4, -0.2) is 53.5 Å². The van der Waals surface area contributed by atoms with Crippen LogP contribution in [0.25, 0.3) is 11.3 Å². The molecule has 0 radical (unpaired) electrons. The molecule has 0 spiro atoms. The summed E-state index contributed by atoms with van der Waals surface area (Å²) in [4.78, 5) is 33.8. The van der Waals surface area contributed by atoms with Gasteiger partial charge in [-0.2, -0.15) is 26.3 Å². The quantitative estimate of drug-likeness (QED) is 0.441. The zero-order valence-corrected chi connectivity index (χ0v) is 20.5. The maximum atomic E-state index is 15.3. The normalized spacial score (nSPS) is 16.8. The Labute approximate surface area is 217 Å². The van der Waals surface area contributed by atoms with E-state index in [1.54, 1.807) is 4.90 Å². The molecule has 0 bridgehead atoms. The average Bonchev–Trinajstić information content (AvgIpc) is 2.85. The molecule has 0 aliphatic carbocycles. The van der Waals surface area contributed by atoms with Crippen molar-refractivity contribution in [2.45, 2.75) is 25.3 Å². The van der Waals surface area contributed by atoms with Crippen LogP contribution in [0.2, 0.25) is 0 Å². The molecular weight excluding hydrogens is 535 g/mol. The summed E-state index contributed by atoms with van der Waals surface area (Å²) in [6.45, 7) is 3.19. The monoisotopic (exact) mass is 557 g/mol. The molecule has 1 atom stereocenters. The maximum absolute atomic E-state index is 15.3. The number of pyridine rings is 2. The fraction of sp³-hybridized carbons (Fsp3) is 0.320. The lowest BCUT2D eigenvalue weighted by atomic mass is 10.0. The van der Waals surface area contributed by atoms with E-state index in [0.29, 0.717) is 31.9 Å². The van der Waals surface area contributed by atoms with E-state index in [0.717, 1.165) is 24.3 Å². The van der Waals surface area contributed by atoms with Crippen molar-refractivity contribution in [3.05, 3.63) is 75.6 Å². The van der Waals surface area contributed by atoms with Gasteiger partial charge in [-0.25, -0.2) is 9.37 Å². The minimum absolute atomic E-state index is 0.00814.